The molecule has 0 unspecified atom stereocenters. The summed E-state index contributed by atoms with van der Waals surface area (Å²) in [7, 11) is -3.49. The zero-order chi connectivity index (χ0) is 21.0. The molecule has 1 aromatic rings. The maximum absolute atomic E-state index is 12.8. The summed E-state index contributed by atoms with van der Waals surface area (Å²) in [6.45, 7) is 3.33. The molecule has 2 aliphatic heterocycles. The first-order chi connectivity index (χ1) is 14.4. The fourth-order valence-electron chi connectivity index (χ4n) is 5.50. The topological polar surface area (TPSA) is 79.2 Å². The number of nitrogens with zero attached hydrogens (tertiary/aromatic N) is 2. The number of carbonyl (C=O) groups excluding carboxylic acids is 2. The number of rotatable bonds is 5. The molecule has 2 saturated heterocycles. The van der Waals surface area contributed by atoms with E-state index < -0.39 is 10.0 Å². The number of halogens is 1. The first-order valence-corrected chi connectivity index (χ1v) is 12.7. The lowest BCUT2D eigenvalue weighted by Gasteiger charge is -2.32. The van der Waals surface area contributed by atoms with Crippen molar-refractivity contribution in [2.75, 3.05) is 39.3 Å². The second-order valence-electron chi connectivity index (χ2n) is 8.69. The molecule has 0 aromatic heterocycles. The Kier molecular flexibility index (Phi) is 5.12. The summed E-state index contributed by atoms with van der Waals surface area (Å²) in [6, 6.07) is 6.69. The van der Waals surface area contributed by atoms with Crippen LogP contribution in [0.15, 0.2) is 45.8 Å². The molecule has 1 saturated carbocycles. The zero-order valence-corrected chi connectivity index (χ0v) is 18.9. The van der Waals surface area contributed by atoms with Crippen LogP contribution in [0.4, 0.5) is 0 Å². The number of hydrogen-bond acceptors (Lipinski definition) is 4. The van der Waals surface area contributed by atoms with E-state index in [1.807, 2.05) is 0 Å². The number of carbonyl (C=O) groups is 2. The fraction of sp³-hybridized carbons (Fsp3) is 0.524. The van der Waals surface area contributed by atoms with Gasteiger partial charge in [0.1, 0.15) is 0 Å². The van der Waals surface area contributed by atoms with Crippen LogP contribution in [-0.2, 0) is 19.6 Å². The van der Waals surface area contributed by atoms with Crippen molar-refractivity contribution in [1.82, 2.24) is 9.21 Å². The number of nitrogens with one attached hydrogen (secondary N) is 1. The molecule has 4 atom stereocenters. The molecule has 4 aliphatic rings. The summed E-state index contributed by atoms with van der Waals surface area (Å²) in [5.41, 5.74) is 0. The van der Waals surface area contributed by atoms with Gasteiger partial charge in [-0.1, -0.05) is 28.1 Å². The first kappa shape index (κ1) is 20.4. The molecule has 160 valence electrons. The summed E-state index contributed by atoms with van der Waals surface area (Å²) in [5, 5.41) is 0. The van der Waals surface area contributed by atoms with Crippen molar-refractivity contribution in [3.05, 3.63) is 40.9 Å². The summed E-state index contributed by atoms with van der Waals surface area (Å²) < 4.78 is 28.0. The molecule has 3 fully saturated rings. The maximum Gasteiger partial charge on any atom is 0.243 e. The highest BCUT2D eigenvalue weighted by Crippen LogP contribution is 2.52. The minimum absolute atomic E-state index is 0.00213. The van der Waals surface area contributed by atoms with Crippen LogP contribution < -0.4 is 4.90 Å². The third-order valence-electron chi connectivity index (χ3n) is 7.13. The molecule has 2 amide bonds. The highest BCUT2D eigenvalue weighted by atomic mass is 79.9. The van der Waals surface area contributed by atoms with E-state index >= 15 is 0 Å². The lowest BCUT2D eigenvalue weighted by Crippen LogP contribution is -3.15. The van der Waals surface area contributed by atoms with Gasteiger partial charge in [-0.15, -0.1) is 0 Å². The second kappa shape index (κ2) is 7.55. The lowest BCUT2D eigenvalue weighted by molar-refractivity contribution is -0.902. The van der Waals surface area contributed by atoms with Crippen molar-refractivity contribution in [3.63, 3.8) is 0 Å². The van der Waals surface area contributed by atoms with E-state index in [1.54, 1.807) is 24.3 Å². The predicted molar refractivity (Wildman–Crippen MR) is 113 cm³/mol. The summed E-state index contributed by atoms with van der Waals surface area (Å²) in [4.78, 5) is 28.6. The number of amides is 2. The number of hydrogen-bond donors (Lipinski definition) is 1. The molecule has 1 aromatic carbocycles. The Morgan fingerprint density at radius 2 is 1.53 bits per heavy atom. The van der Waals surface area contributed by atoms with Crippen molar-refractivity contribution < 1.29 is 22.9 Å². The Morgan fingerprint density at radius 1 is 0.967 bits per heavy atom. The molecular formula is C21H25BrN3O4S+. The molecule has 2 aliphatic carbocycles. The SMILES string of the molecule is O=C1[C@@H]2[C@H](C(=O)N1CC[NH+]1CCN(S(=O)(=O)c3ccc(Br)cc3)CC1)[C@H]1C=C[C@H]2C1. The molecule has 2 bridgehead atoms. The third kappa shape index (κ3) is 3.26. The summed E-state index contributed by atoms with van der Waals surface area (Å²) in [6.07, 6.45) is 5.16. The van der Waals surface area contributed by atoms with Crippen LogP contribution in [0.2, 0.25) is 0 Å². The van der Waals surface area contributed by atoms with Gasteiger partial charge in [0.15, 0.2) is 0 Å². The molecule has 1 N–H and O–H groups in total. The van der Waals surface area contributed by atoms with Gasteiger partial charge >= 0.3 is 0 Å². The van der Waals surface area contributed by atoms with E-state index in [0.717, 1.165) is 10.9 Å². The second-order valence-corrected chi connectivity index (χ2v) is 11.5. The van der Waals surface area contributed by atoms with Gasteiger partial charge in [0, 0.05) is 4.47 Å². The van der Waals surface area contributed by atoms with Gasteiger partial charge in [-0.25, -0.2) is 8.42 Å². The molecule has 9 heteroatoms. The van der Waals surface area contributed by atoms with E-state index in [4.69, 9.17) is 0 Å². The monoisotopic (exact) mass is 494 g/mol. The Morgan fingerprint density at radius 3 is 2.10 bits per heavy atom. The van der Waals surface area contributed by atoms with Crippen LogP contribution in [-0.4, -0.2) is 68.7 Å². The van der Waals surface area contributed by atoms with E-state index in [2.05, 4.69) is 28.1 Å². The Hall–Kier alpha value is -1.55. The number of likely N-dealkylation sites (tertiary alicyclic amines) is 1. The van der Waals surface area contributed by atoms with Gasteiger partial charge in [0.25, 0.3) is 0 Å². The van der Waals surface area contributed by atoms with Gasteiger partial charge in [-0.05, 0) is 42.5 Å². The fourth-order valence-corrected chi connectivity index (χ4v) is 7.21. The average molecular weight is 495 g/mol. The smallest absolute Gasteiger partial charge is 0.243 e. The van der Waals surface area contributed by atoms with Crippen LogP contribution >= 0.6 is 15.9 Å². The summed E-state index contributed by atoms with van der Waals surface area (Å²) in [5.74, 6) is 0.184. The third-order valence-corrected chi connectivity index (χ3v) is 9.57. The molecule has 7 nitrogen and oxygen atoms in total. The van der Waals surface area contributed by atoms with E-state index in [-0.39, 0.29) is 35.5 Å². The summed E-state index contributed by atoms with van der Waals surface area (Å²) >= 11 is 3.33. The van der Waals surface area contributed by atoms with Gasteiger partial charge < -0.3 is 4.90 Å². The van der Waals surface area contributed by atoms with Crippen molar-refractivity contribution in [3.8, 4) is 0 Å². The van der Waals surface area contributed by atoms with Crippen molar-refractivity contribution in [1.29, 1.82) is 0 Å². The molecular weight excluding hydrogens is 470 g/mol. The van der Waals surface area contributed by atoms with Crippen LogP contribution in [0.25, 0.3) is 0 Å². The van der Waals surface area contributed by atoms with Crippen molar-refractivity contribution >= 4 is 37.8 Å². The van der Waals surface area contributed by atoms with Gasteiger partial charge in [0.2, 0.25) is 21.8 Å². The van der Waals surface area contributed by atoms with Gasteiger partial charge in [-0.2, -0.15) is 4.31 Å². The predicted octanol–water partition coefficient (Wildman–Crippen LogP) is 0.145. The Bertz CT molecular complexity index is 972. The molecule has 0 radical (unpaired) electrons. The zero-order valence-electron chi connectivity index (χ0n) is 16.5. The number of imide groups is 1. The maximum atomic E-state index is 12.8. The molecule has 30 heavy (non-hydrogen) atoms. The number of fused-ring (bicyclic) bond motifs is 5. The molecule has 5 rings (SSSR count). The van der Waals surface area contributed by atoms with Crippen LogP contribution in [0, 0.1) is 23.7 Å². The highest BCUT2D eigenvalue weighted by Gasteiger charge is 2.59. The van der Waals surface area contributed by atoms with Crippen LogP contribution in [0.3, 0.4) is 0 Å². The lowest BCUT2D eigenvalue weighted by atomic mass is 9.85. The van der Waals surface area contributed by atoms with Crippen molar-refractivity contribution in [2.24, 2.45) is 23.7 Å². The Labute approximate surface area is 184 Å². The Balaban J connectivity index is 1.16. The van der Waals surface area contributed by atoms with E-state index in [9.17, 15) is 18.0 Å². The quantitative estimate of drug-likeness (QED) is 0.466. The average Bonchev–Trinajstić information content (AvgIpc) is 3.42. The van der Waals surface area contributed by atoms with Gasteiger partial charge in [0.05, 0.1) is 56.0 Å². The highest BCUT2D eigenvalue weighted by molar-refractivity contribution is 9.10. The van der Waals surface area contributed by atoms with E-state index in [1.165, 1.54) is 14.1 Å². The van der Waals surface area contributed by atoms with Crippen LogP contribution in [0.1, 0.15) is 6.42 Å². The largest absolute Gasteiger partial charge is 0.331 e. The van der Waals surface area contributed by atoms with Gasteiger partial charge in [-0.3, -0.25) is 14.5 Å². The number of piperazine rings is 1. The first-order valence-electron chi connectivity index (χ1n) is 10.5. The van der Waals surface area contributed by atoms with Crippen molar-refractivity contribution in [2.45, 2.75) is 11.3 Å². The normalized spacial score (nSPS) is 31.7. The molecule has 0 spiro atoms. The minimum Gasteiger partial charge on any atom is -0.331 e. The van der Waals surface area contributed by atoms with E-state index in [0.29, 0.717) is 44.2 Å². The number of quaternary nitrogens is 1. The minimum atomic E-state index is -3.49. The number of benzene rings is 1. The molecule has 2 heterocycles. The standard InChI is InChI=1S/C21H24BrN3O4S/c22-16-3-5-17(6-4-16)30(28,29)24-10-7-23(8-11-24)9-12-25-20(26)18-14-1-2-15(13-14)19(18)21(25)27/h1-6,14-15,18-19H,7-13H2/p+1/t14-,15-,18-,19+/m0/s1. The number of sulfonamides is 1. The number of allylic oxidation sites excluding steroid dienone is 2. The van der Waals surface area contributed by atoms with Crippen LogP contribution in [0.5, 0.6) is 0 Å².